The molecule has 0 bridgehead atoms. The van der Waals surface area contributed by atoms with Gasteiger partial charge in [0.2, 0.25) is 5.89 Å². The van der Waals surface area contributed by atoms with Gasteiger partial charge in [0.25, 0.3) is 0 Å². The monoisotopic (exact) mass is 537 g/mol. The minimum atomic E-state index is -0.227. The SMILES string of the molecule is CCNC(=NCc1ccc(F)cc1CSC)NCc1nc(C(C)OCC)no1.I. The number of aliphatic imine (C=N–C) groups is 1. The van der Waals surface area contributed by atoms with E-state index in [0.717, 1.165) is 16.9 Å². The van der Waals surface area contributed by atoms with Crippen LogP contribution in [-0.4, -0.2) is 35.5 Å². The molecular weight excluding hydrogens is 508 g/mol. The molecule has 1 unspecified atom stereocenters. The molecule has 162 valence electrons. The first-order valence-corrected chi connectivity index (χ1v) is 10.7. The maximum atomic E-state index is 13.5. The van der Waals surface area contributed by atoms with Crippen LogP contribution in [0.3, 0.4) is 0 Å². The van der Waals surface area contributed by atoms with Crippen molar-refractivity contribution in [1.82, 2.24) is 20.8 Å². The summed E-state index contributed by atoms with van der Waals surface area (Å²) in [7, 11) is 0. The average Bonchev–Trinajstić information content (AvgIpc) is 3.15. The summed E-state index contributed by atoms with van der Waals surface area (Å²) in [4.78, 5) is 8.93. The lowest BCUT2D eigenvalue weighted by molar-refractivity contribution is 0.0683. The van der Waals surface area contributed by atoms with Gasteiger partial charge in [-0.25, -0.2) is 9.38 Å². The van der Waals surface area contributed by atoms with E-state index in [0.29, 0.717) is 43.9 Å². The molecule has 0 fully saturated rings. The Morgan fingerprint density at radius 2 is 2.10 bits per heavy atom. The summed E-state index contributed by atoms with van der Waals surface area (Å²) in [5.41, 5.74) is 1.96. The Morgan fingerprint density at radius 3 is 2.79 bits per heavy atom. The van der Waals surface area contributed by atoms with Crippen LogP contribution < -0.4 is 10.6 Å². The average molecular weight is 537 g/mol. The number of hydrogen-bond acceptors (Lipinski definition) is 6. The molecule has 0 spiro atoms. The van der Waals surface area contributed by atoms with Crippen LogP contribution in [-0.2, 0) is 23.6 Å². The van der Waals surface area contributed by atoms with Gasteiger partial charge in [0, 0.05) is 18.9 Å². The second kappa shape index (κ2) is 13.8. The molecule has 0 aliphatic rings. The zero-order valence-corrected chi connectivity index (χ0v) is 20.3. The van der Waals surface area contributed by atoms with Crippen molar-refractivity contribution in [2.45, 2.75) is 45.7 Å². The number of thioether (sulfide) groups is 1. The quantitative estimate of drug-likeness (QED) is 0.269. The summed E-state index contributed by atoms with van der Waals surface area (Å²) in [6.07, 6.45) is 1.78. The molecule has 0 aliphatic carbocycles. The molecule has 2 N–H and O–H groups in total. The van der Waals surface area contributed by atoms with E-state index in [2.05, 4.69) is 25.8 Å². The van der Waals surface area contributed by atoms with Gasteiger partial charge < -0.3 is 19.9 Å². The summed E-state index contributed by atoms with van der Waals surface area (Å²) in [5.74, 6) is 2.12. The maximum Gasteiger partial charge on any atom is 0.246 e. The highest BCUT2D eigenvalue weighted by molar-refractivity contribution is 14.0. The van der Waals surface area contributed by atoms with E-state index in [4.69, 9.17) is 9.26 Å². The molecule has 1 aromatic carbocycles. The van der Waals surface area contributed by atoms with Crippen LogP contribution in [0.5, 0.6) is 0 Å². The van der Waals surface area contributed by atoms with Crippen LogP contribution in [0.25, 0.3) is 0 Å². The van der Waals surface area contributed by atoms with E-state index in [9.17, 15) is 4.39 Å². The van der Waals surface area contributed by atoms with Gasteiger partial charge in [-0.1, -0.05) is 11.2 Å². The van der Waals surface area contributed by atoms with Crippen molar-refractivity contribution in [1.29, 1.82) is 0 Å². The second-order valence-corrected chi connectivity index (χ2v) is 6.90. The first-order chi connectivity index (χ1) is 13.6. The van der Waals surface area contributed by atoms with E-state index in [1.54, 1.807) is 23.9 Å². The van der Waals surface area contributed by atoms with Gasteiger partial charge in [-0.2, -0.15) is 16.7 Å². The molecule has 0 amide bonds. The Kier molecular flexibility index (Phi) is 12.2. The Labute approximate surface area is 192 Å². The largest absolute Gasteiger partial charge is 0.371 e. The van der Waals surface area contributed by atoms with Crippen molar-refractivity contribution in [2.75, 3.05) is 19.4 Å². The molecule has 0 saturated carbocycles. The Balaban J connectivity index is 0.00000420. The third-order valence-electron chi connectivity index (χ3n) is 3.89. The lowest BCUT2D eigenvalue weighted by Gasteiger charge is -2.11. The molecule has 7 nitrogen and oxygen atoms in total. The molecule has 1 aromatic heterocycles. The van der Waals surface area contributed by atoms with Gasteiger partial charge in [-0.15, -0.1) is 24.0 Å². The highest BCUT2D eigenvalue weighted by atomic mass is 127. The number of benzene rings is 1. The van der Waals surface area contributed by atoms with Gasteiger partial charge >= 0.3 is 0 Å². The standard InChI is InChI=1S/C19H28FN5O2S.HI/c1-5-21-19(22-10-14-7-8-16(20)9-15(14)12-28-4)23-11-17-24-18(25-27-17)13(3)26-6-2;/h7-9,13H,5-6,10-12H2,1-4H3,(H2,21,22,23);1H. The maximum absolute atomic E-state index is 13.5. The smallest absolute Gasteiger partial charge is 0.246 e. The van der Waals surface area contributed by atoms with Gasteiger partial charge in [-0.05, 0) is 50.3 Å². The topological polar surface area (TPSA) is 84.6 Å². The summed E-state index contributed by atoms with van der Waals surface area (Å²) in [6.45, 7) is 7.88. The van der Waals surface area contributed by atoms with Crippen LogP contribution in [0.1, 0.15) is 49.7 Å². The summed E-state index contributed by atoms with van der Waals surface area (Å²) in [5, 5.41) is 10.3. The zero-order valence-electron chi connectivity index (χ0n) is 17.2. The summed E-state index contributed by atoms with van der Waals surface area (Å²) < 4.78 is 24.2. The van der Waals surface area contributed by atoms with Gasteiger partial charge in [0.1, 0.15) is 11.9 Å². The number of halogens is 2. The second-order valence-electron chi connectivity index (χ2n) is 6.04. The van der Waals surface area contributed by atoms with Gasteiger partial charge in [0.05, 0.1) is 13.1 Å². The zero-order chi connectivity index (χ0) is 20.4. The Hall–Kier alpha value is -1.40. The molecule has 10 heteroatoms. The fraction of sp³-hybridized carbons (Fsp3) is 0.526. The molecular formula is C19H29FIN5O2S. The Morgan fingerprint density at radius 1 is 1.31 bits per heavy atom. The number of nitrogens with one attached hydrogen (secondary N) is 2. The van der Waals surface area contributed by atoms with Crippen molar-refractivity contribution in [3.8, 4) is 0 Å². The number of ether oxygens (including phenoxy) is 1. The normalized spacial score (nSPS) is 12.4. The third-order valence-corrected chi connectivity index (χ3v) is 4.49. The van der Waals surface area contributed by atoms with Crippen molar-refractivity contribution in [2.24, 2.45) is 4.99 Å². The number of aromatic nitrogens is 2. The lowest BCUT2D eigenvalue weighted by atomic mass is 10.1. The van der Waals surface area contributed by atoms with Crippen LogP contribution in [0, 0.1) is 5.82 Å². The highest BCUT2D eigenvalue weighted by Crippen LogP contribution is 2.17. The van der Waals surface area contributed by atoms with Crippen molar-refractivity contribution < 1.29 is 13.7 Å². The number of rotatable bonds is 10. The van der Waals surface area contributed by atoms with Crippen molar-refractivity contribution in [3.05, 3.63) is 46.9 Å². The lowest BCUT2D eigenvalue weighted by Crippen LogP contribution is -2.36. The Bertz CT molecular complexity index is 775. The molecule has 0 saturated heterocycles. The van der Waals surface area contributed by atoms with E-state index in [1.165, 1.54) is 6.07 Å². The number of hydrogen-bond donors (Lipinski definition) is 2. The van der Waals surface area contributed by atoms with E-state index >= 15 is 0 Å². The summed E-state index contributed by atoms with van der Waals surface area (Å²) >= 11 is 1.65. The molecule has 2 aromatic rings. The predicted octanol–water partition coefficient (Wildman–Crippen LogP) is 4.04. The molecule has 1 heterocycles. The van der Waals surface area contributed by atoms with Crippen LogP contribution >= 0.6 is 35.7 Å². The van der Waals surface area contributed by atoms with E-state index < -0.39 is 0 Å². The number of nitrogens with zero attached hydrogens (tertiary/aromatic N) is 3. The predicted molar refractivity (Wildman–Crippen MR) is 125 cm³/mol. The first kappa shape index (κ1) is 25.6. The molecule has 0 radical (unpaired) electrons. The highest BCUT2D eigenvalue weighted by Gasteiger charge is 2.14. The third kappa shape index (κ3) is 8.47. The fourth-order valence-electron chi connectivity index (χ4n) is 2.53. The van der Waals surface area contributed by atoms with Gasteiger partial charge in [0.15, 0.2) is 11.8 Å². The minimum Gasteiger partial charge on any atom is -0.371 e. The molecule has 0 aliphatic heterocycles. The number of guanidine groups is 1. The summed E-state index contributed by atoms with van der Waals surface area (Å²) in [6, 6.07) is 4.82. The van der Waals surface area contributed by atoms with Crippen LogP contribution in [0.4, 0.5) is 4.39 Å². The molecule has 2 rings (SSSR count). The molecule has 1 atom stereocenters. The van der Waals surface area contributed by atoms with Crippen molar-refractivity contribution >= 4 is 41.7 Å². The fourth-order valence-corrected chi connectivity index (χ4v) is 3.11. The molecule has 29 heavy (non-hydrogen) atoms. The van der Waals surface area contributed by atoms with Crippen molar-refractivity contribution in [3.63, 3.8) is 0 Å². The van der Waals surface area contributed by atoms with Crippen LogP contribution in [0.2, 0.25) is 0 Å². The van der Waals surface area contributed by atoms with E-state index in [-0.39, 0.29) is 35.9 Å². The minimum absolute atomic E-state index is 0. The van der Waals surface area contributed by atoms with Gasteiger partial charge in [-0.3, -0.25) is 0 Å². The first-order valence-electron chi connectivity index (χ1n) is 9.29. The van der Waals surface area contributed by atoms with Crippen LogP contribution in [0.15, 0.2) is 27.7 Å². The van der Waals surface area contributed by atoms with E-state index in [1.807, 2.05) is 27.0 Å².